The number of pyridine rings is 1. The number of hydrogen-bond acceptors (Lipinski definition) is 2. The fraction of sp³-hybridized carbons (Fsp3) is 0.444. The minimum atomic E-state index is 0.130. The van der Waals surface area contributed by atoms with Crippen LogP contribution in [-0.4, -0.2) is 12.1 Å². The van der Waals surface area contributed by atoms with E-state index in [1.165, 1.54) is 0 Å². The summed E-state index contributed by atoms with van der Waals surface area (Å²) in [5, 5.41) is 0.517. The molecule has 0 amide bonds. The molecule has 66 valence electrons. The van der Waals surface area contributed by atoms with Crippen LogP contribution in [0.4, 0.5) is 0 Å². The lowest BCUT2D eigenvalue weighted by Crippen LogP contribution is -1.99. The first-order valence-electron chi connectivity index (χ1n) is 3.92. The van der Waals surface area contributed by atoms with Crippen LogP contribution < -0.4 is 0 Å². The summed E-state index contributed by atoms with van der Waals surface area (Å²) in [4.78, 5) is 3.90. The first-order chi connectivity index (χ1) is 5.77. The second-order valence-corrected chi connectivity index (χ2v) is 2.93. The first-order valence-corrected chi connectivity index (χ1v) is 4.30. The van der Waals surface area contributed by atoms with Crippen LogP contribution in [0.15, 0.2) is 18.3 Å². The standard InChI is InChI=1S/C9H12ClNO/c1-3-8(12-2)7-4-5-11-9(10)6-7/h4-6,8H,3H2,1-2H3. The summed E-state index contributed by atoms with van der Waals surface area (Å²) in [5.41, 5.74) is 1.08. The van der Waals surface area contributed by atoms with Crippen LogP contribution >= 0.6 is 11.6 Å². The van der Waals surface area contributed by atoms with Gasteiger partial charge in [0.05, 0.1) is 6.10 Å². The Kier molecular flexibility index (Phi) is 3.50. The molecule has 3 heteroatoms. The highest BCUT2D eigenvalue weighted by molar-refractivity contribution is 6.29. The molecule has 1 rings (SSSR count). The summed E-state index contributed by atoms with van der Waals surface area (Å²) in [5.74, 6) is 0. The van der Waals surface area contributed by atoms with Crippen molar-refractivity contribution in [2.45, 2.75) is 19.4 Å². The van der Waals surface area contributed by atoms with Crippen LogP contribution in [0.2, 0.25) is 5.15 Å². The largest absolute Gasteiger partial charge is 0.377 e. The van der Waals surface area contributed by atoms with E-state index in [-0.39, 0.29) is 6.10 Å². The van der Waals surface area contributed by atoms with Crippen molar-refractivity contribution in [2.75, 3.05) is 7.11 Å². The lowest BCUT2D eigenvalue weighted by Gasteiger charge is -2.12. The summed E-state index contributed by atoms with van der Waals surface area (Å²) in [6, 6.07) is 3.75. The van der Waals surface area contributed by atoms with E-state index in [0.29, 0.717) is 5.15 Å². The molecule has 0 fully saturated rings. The van der Waals surface area contributed by atoms with E-state index in [9.17, 15) is 0 Å². The van der Waals surface area contributed by atoms with Gasteiger partial charge in [-0.25, -0.2) is 4.98 Å². The SMILES string of the molecule is CCC(OC)c1ccnc(Cl)c1. The van der Waals surface area contributed by atoms with Crippen LogP contribution in [0.25, 0.3) is 0 Å². The van der Waals surface area contributed by atoms with Crippen molar-refractivity contribution >= 4 is 11.6 Å². The van der Waals surface area contributed by atoms with Gasteiger partial charge in [0.25, 0.3) is 0 Å². The molecule has 0 saturated carbocycles. The molecule has 1 unspecified atom stereocenters. The number of aromatic nitrogens is 1. The second kappa shape index (κ2) is 4.43. The molecular formula is C9H12ClNO. The molecule has 0 bridgehead atoms. The monoisotopic (exact) mass is 185 g/mol. The van der Waals surface area contributed by atoms with Gasteiger partial charge >= 0.3 is 0 Å². The van der Waals surface area contributed by atoms with Gasteiger partial charge in [0, 0.05) is 13.3 Å². The maximum absolute atomic E-state index is 5.74. The predicted molar refractivity (Wildman–Crippen MR) is 49.3 cm³/mol. The van der Waals surface area contributed by atoms with Crippen molar-refractivity contribution in [3.8, 4) is 0 Å². The zero-order chi connectivity index (χ0) is 8.97. The van der Waals surface area contributed by atoms with Gasteiger partial charge in [0.1, 0.15) is 5.15 Å². The fourth-order valence-electron chi connectivity index (χ4n) is 1.16. The number of nitrogens with zero attached hydrogens (tertiary/aromatic N) is 1. The smallest absolute Gasteiger partial charge is 0.129 e. The zero-order valence-electron chi connectivity index (χ0n) is 7.25. The van der Waals surface area contributed by atoms with Gasteiger partial charge in [-0.1, -0.05) is 18.5 Å². The van der Waals surface area contributed by atoms with Crippen molar-refractivity contribution in [1.82, 2.24) is 4.98 Å². The molecule has 12 heavy (non-hydrogen) atoms. The highest BCUT2D eigenvalue weighted by atomic mass is 35.5. The molecule has 0 radical (unpaired) electrons. The van der Waals surface area contributed by atoms with Crippen molar-refractivity contribution in [3.63, 3.8) is 0 Å². The molecule has 0 spiro atoms. The van der Waals surface area contributed by atoms with Gasteiger partial charge in [-0.3, -0.25) is 0 Å². The van der Waals surface area contributed by atoms with Crippen LogP contribution in [0.1, 0.15) is 25.0 Å². The Morgan fingerprint density at radius 2 is 2.42 bits per heavy atom. The molecule has 2 nitrogen and oxygen atoms in total. The van der Waals surface area contributed by atoms with Crippen LogP contribution in [0, 0.1) is 0 Å². The molecule has 0 N–H and O–H groups in total. The normalized spacial score (nSPS) is 12.9. The second-order valence-electron chi connectivity index (χ2n) is 2.54. The third-order valence-corrected chi connectivity index (χ3v) is 1.98. The zero-order valence-corrected chi connectivity index (χ0v) is 8.01. The van der Waals surface area contributed by atoms with Gasteiger partial charge in [-0.15, -0.1) is 0 Å². The van der Waals surface area contributed by atoms with Crippen molar-refractivity contribution in [1.29, 1.82) is 0 Å². The lowest BCUT2D eigenvalue weighted by atomic mass is 10.1. The Labute approximate surface area is 77.5 Å². The molecule has 1 aromatic heterocycles. The Balaban J connectivity index is 2.85. The van der Waals surface area contributed by atoms with E-state index in [0.717, 1.165) is 12.0 Å². The van der Waals surface area contributed by atoms with E-state index >= 15 is 0 Å². The van der Waals surface area contributed by atoms with E-state index < -0.39 is 0 Å². The molecule has 1 heterocycles. The number of methoxy groups -OCH3 is 1. The Morgan fingerprint density at radius 3 is 2.92 bits per heavy atom. The maximum atomic E-state index is 5.74. The third kappa shape index (κ3) is 2.19. The van der Waals surface area contributed by atoms with E-state index in [1.54, 1.807) is 13.3 Å². The van der Waals surface area contributed by atoms with Gasteiger partial charge in [-0.05, 0) is 24.1 Å². The summed E-state index contributed by atoms with van der Waals surface area (Å²) in [7, 11) is 1.70. The summed E-state index contributed by atoms with van der Waals surface area (Å²) in [6.07, 6.45) is 2.77. The van der Waals surface area contributed by atoms with Gasteiger partial charge < -0.3 is 4.74 Å². The third-order valence-electron chi connectivity index (χ3n) is 1.78. The predicted octanol–water partition coefficient (Wildman–Crippen LogP) is 2.83. The highest BCUT2D eigenvalue weighted by Crippen LogP contribution is 2.21. The van der Waals surface area contributed by atoms with Crippen molar-refractivity contribution in [2.24, 2.45) is 0 Å². The minimum absolute atomic E-state index is 0.130. The molecule has 0 saturated heterocycles. The van der Waals surface area contributed by atoms with Crippen LogP contribution in [0.3, 0.4) is 0 Å². The van der Waals surface area contributed by atoms with E-state index in [2.05, 4.69) is 11.9 Å². The summed E-state index contributed by atoms with van der Waals surface area (Å²) in [6.45, 7) is 2.07. The number of hydrogen-bond donors (Lipinski definition) is 0. The molecule has 1 atom stereocenters. The summed E-state index contributed by atoms with van der Waals surface area (Å²) < 4.78 is 5.25. The molecule has 0 aliphatic rings. The molecular weight excluding hydrogens is 174 g/mol. The average molecular weight is 186 g/mol. The topological polar surface area (TPSA) is 22.1 Å². The molecule has 1 aromatic rings. The van der Waals surface area contributed by atoms with Gasteiger partial charge in [0.15, 0.2) is 0 Å². The highest BCUT2D eigenvalue weighted by Gasteiger charge is 2.07. The lowest BCUT2D eigenvalue weighted by molar-refractivity contribution is 0.1000. The van der Waals surface area contributed by atoms with E-state index in [4.69, 9.17) is 16.3 Å². The summed E-state index contributed by atoms with van der Waals surface area (Å²) >= 11 is 5.74. The average Bonchev–Trinajstić information content (AvgIpc) is 2.07. The van der Waals surface area contributed by atoms with Crippen LogP contribution in [0.5, 0.6) is 0 Å². The van der Waals surface area contributed by atoms with Crippen molar-refractivity contribution in [3.05, 3.63) is 29.0 Å². The first kappa shape index (κ1) is 9.49. The number of rotatable bonds is 3. The number of halogens is 1. The molecule has 0 aliphatic heterocycles. The maximum Gasteiger partial charge on any atom is 0.129 e. The number of ether oxygens (including phenoxy) is 1. The van der Waals surface area contributed by atoms with Crippen molar-refractivity contribution < 1.29 is 4.74 Å². The Bertz CT molecular complexity index is 248. The fourth-order valence-corrected chi connectivity index (χ4v) is 1.34. The Hall–Kier alpha value is -0.600. The van der Waals surface area contributed by atoms with E-state index in [1.807, 2.05) is 12.1 Å². The minimum Gasteiger partial charge on any atom is -0.377 e. The Morgan fingerprint density at radius 1 is 1.67 bits per heavy atom. The molecule has 0 aromatic carbocycles. The quantitative estimate of drug-likeness (QED) is 0.676. The van der Waals surface area contributed by atoms with Crippen LogP contribution in [-0.2, 0) is 4.74 Å². The molecule has 0 aliphatic carbocycles. The van der Waals surface area contributed by atoms with Gasteiger partial charge in [0.2, 0.25) is 0 Å². The van der Waals surface area contributed by atoms with Gasteiger partial charge in [-0.2, -0.15) is 0 Å².